The van der Waals surface area contributed by atoms with Gasteiger partial charge in [0.05, 0.1) is 7.11 Å². The van der Waals surface area contributed by atoms with Crippen molar-refractivity contribution in [3.8, 4) is 5.75 Å². The Morgan fingerprint density at radius 3 is 2.74 bits per heavy atom. The molecule has 106 valence electrons. The van der Waals surface area contributed by atoms with Gasteiger partial charge >= 0.3 is 0 Å². The number of rotatable bonds is 7. The van der Waals surface area contributed by atoms with E-state index in [0.29, 0.717) is 5.41 Å². The second kappa shape index (κ2) is 6.76. The number of halogens is 1. The second-order valence-electron chi connectivity index (χ2n) is 5.66. The van der Waals surface area contributed by atoms with Gasteiger partial charge in [0.2, 0.25) is 0 Å². The average molecular weight is 326 g/mol. The number of hydrogen-bond acceptors (Lipinski definition) is 2. The number of hydrogen-bond donors (Lipinski definition) is 1. The second-order valence-corrected chi connectivity index (χ2v) is 6.58. The Bertz CT molecular complexity index is 415. The smallest absolute Gasteiger partial charge is 0.122 e. The normalized spacial score (nSPS) is 17.0. The van der Waals surface area contributed by atoms with Crippen LogP contribution in [0.4, 0.5) is 0 Å². The van der Waals surface area contributed by atoms with Crippen LogP contribution in [0, 0.1) is 5.41 Å². The zero-order valence-corrected chi connectivity index (χ0v) is 13.6. The lowest BCUT2D eigenvalue weighted by Gasteiger charge is -2.42. The van der Waals surface area contributed by atoms with Crippen LogP contribution in [0.5, 0.6) is 5.75 Å². The molecule has 1 N–H and O–H groups in total. The molecule has 19 heavy (non-hydrogen) atoms. The SMILES string of the molecule is CCCNCC1(Cc2cc(Br)ccc2OC)CCC1. The predicted octanol–water partition coefficient (Wildman–Crippen LogP) is 4.17. The number of benzene rings is 1. The summed E-state index contributed by atoms with van der Waals surface area (Å²) in [5, 5.41) is 3.60. The van der Waals surface area contributed by atoms with Crippen LogP contribution in [-0.2, 0) is 6.42 Å². The lowest BCUT2D eigenvalue weighted by Crippen LogP contribution is -2.42. The highest BCUT2D eigenvalue weighted by Crippen LogP contribution is 2.44. The summed E-state index contributed by atoms with van der Waals surface area (Å²) in [5.74, 6) is 1.02. The fourth-order valence-corrected chi connectivity index (χ4v) is 3.32. The van der Waals surface area contributed by atoms with Gasteiger partial charge in [0, 0.05) is 11.0 Å². The van der Waals surface area contributed by atoms with E-state index >= 15 is 0 Å². The summed E-state index contributed by atoms with van der Waals surface area (Å²) >= 11 is 3.57. The van der Waals surface area contributed by atoms with Crippen LogP contribution in [0.2, 0.25) is 0 Å². The average Bonchev–Trinajstić information content (AvgIpc) is 2.36. The van der Waals surface area contributed by atoms with Crippen molar-refractivity contribution < 1.29 is 4.74 Å². The Labute approximate surface area is 125 Å². The quantitative estimate of drug-likeness (QED) is 0.759. The van der Waals surface area contributed by atoms with Gasteiger partial charge in [-0.2, -0.15) is 0 Å². The minimum absolute atomic E-state index is 0.448. The first-order valence-corrected chi connectivity index (χ1v) is 8.01. The van der Waals surface area contributed by atoms with Gasteiger partial charge in [0.25, 0.3) is 0 Å². The predicted molar refractivity (Wildman–Crippen MR) is 83.8 cm³/mol. The largest absolute Gasteiger partial charge is 0.496 e. The van der Waals surface area contributed by atoms with Gasteiger partial charge in [0.15, 0.2) is 0 Å². The maximum atomic E-state index is 5.50. The Kier molecular flexibility index (Phi) is 5.28. The molecule has 0 saturated heterocycles. The highest BCUT2D eigenvalue weighted by atomic mass is 79.9. The zero-order valence-electron chi connectivity index (χ0n) is 12.0. The first-order chi connectivity index (χ1) is 9.19. The molecule has 1 aromatic rings. The topological polar surface area (TPSA) is 21.3 Å². The summed E-state index contributed by atoms with van der Waals surface area (Å²) in [4.78, 5) is 0. The molecular formula is C16H24BrNO. The van der Waals surface area contributed by atoms with Crippen molar-refractivity contribution in [2.75, 3.05) is 20.2 Å². The van der Waals surface area contributed by atoms with E-state index in [4.69, 9.17) is 4.74 Å². The van der Waals surface area contributed by atoms with Gasteiger partial charge in [-0.15, -0.1) is 0 Å². The fourth-order valence-electron chi connectivity index (χ4n) is 2.91. The first-order valence-electron chi connectivity index (χ1n) is 7.22. The highest BCUT2D eigenvalue weighted by Gasteiger charge is 2.37. The molecule has 0 radical (unpaired) electrons. The van der Waals surface area contributed by atoms with Crippen molar-refractivity contribution in [3.05, 3.63) is 28.2 Å². The molecule has 1 fully saturated rings. The lowest BCUT2D eigenvalue weighted by molar-refractivity contribution is 0.129. The summed E-state index contributed by atoms with van der Waals surface area (Å²) in [5.41, 5.74) is 1.78. The molecule has 0 spiro atoms. The van der Waals surface area contributed by atoms with E-state index in [1.165, 1.54) is 31.2 Å². The molecule has 0 bridgehead atoms. The van der Waals surface area contributed by atoms with Crippen molar-refractivity contribution >= 4 is 15.9 Å². The summed E-state index contributed by atoms with van der Waals surface area (Å²) in [6.07, 6.45) is 6.35. The summed E-state index contributed by atoms with van der Waals surface area (Å²) < 4.78 is 6.64. The molecule has 0 heterocycles. The van der Waals surface area contributed by atoms with Crippen LogP contribution in [0.25, 0.3) is 0 Å². The molecule has 1 aliphatic rings. The number of nitrogens with one attached hydrogen (secondary N) is 1. The molecule has 2 nitrogen and oxygen atoms in total. The van der Waals surface area contributed by atoms with Crippen molar-refractivity contribution in [3.63, 3.8) is 0 Å². The minimum atomic E-state index is 0.448. The Hall–Kier alpha value is -0.540. The van der Waals surface area contributed by atoms with E-state index in [-0.39, 0.29) is 0 Å². The van der Waals surface area contributed by atoms with Gasteiger partial charge in [-0.25, -0.2) is 0 Å². The molecule has 0 aliphatic heterocycles. The molecule has 0 aromatic heterocycles. The monoisotopic (exact) mass is 325 g/mol. The Balaban J connectivity index is 2.07. The van der Waals surface area contributed by atoms with E-state index in [1.54, 1.807) is 7.11 Å². The molecule has 1 aromatic carbocycles. The number of methoxy groups -OCH3 is 1. The molecule has 1 saturated carbocycles. The molecule has 2 rings (SSSR count). The van der Waals surface area contributed by atoms with E-state index < -0.39 is 0 Å². The standard InChI is InChI=1S/C16H24BrNO/c1-3-9-18-12-16(7-4-8-16)11-13-10-14(17)5-6-15(13)19-2/h5-6,10,18H,3-4,7-9,11-12H2,1-2H3. The summed E-state index contributed by atoms with van der Waals surface area (Å²) in [7, 11) is 1.76. The van der Waals surface area contributed by atoms with Crippen LogP contribution in [-0.4, -0.2) is 20.2 Å². The van der Waals surface area contributed by atoms with Gasteiger partial charge in [-0.1, -0.05) is 29.3 Å². The van der Waals surface area contributed by atoms with Gasteiger partial charge < -0.3 is 10.1 Å². The van der Waals surface area contributed by atoms with E-state index in [9.17, 15) is 0 Å². The van der Waals surface area contributed by atoms with Crippen molar-refractivity contribution in [2.45, 2.75) is 39.0 Å². The third kappa shape index (κ3) is 3.73. The highest BCUT2D eigenvalue weighted by molar-refractivity contribution is 9.10. The molecule has 1 aliphatic carbocycles. The van der Waals surface area contributed by atoms with Crippen LogP contribution >= 0.6 is 15.9 Å². The van der Waals surface area contributed by atoms with E-state index in [1.807, 2.05) is 6.07 Å². The zero-order chi connectivity index (χ0) is 13.7. The minimum Gasteiger partial charge on any atom is -0.496 e. The van der Waals surface area contributed by atoms with Crippen LogP contribution in [0.1, 0.15) is 38.2 Å². The summed E-state index contributed by atoms with van der Waals surface area (Å²) in [6.45, 7) is 4.48. The first kappa shape index (κ1) is 14.9. The van der Waals surface area contributed by atoms with Crippen molar-refractivity contribution in [1.82, 2.24) is 5.32 Å². The Morgan fingerprint density at radius 1 is 1.37 bits per heavy atom. The molecule has 3 heteroatoms. The van der Waals surface area contributed by atoms with Gasteiger partial charge in [-0.3, -0.25) is 0 Å². The van der Waals surface area contributed by atoms with Crippen LogP contribution in [0.3, 0.4) is 0 Å². The maximum absolute atomic E-state index is 5.50. The number of ether oxygens (including phenoxy) is 1. The lowest BCUT2D eigenvalue weighted by atomic mass is 9.65. The Morgan fingerprint density at radius 2 is 2.16 bits per heavy atom. The summed E-state index contributed by atoms with van der Waals surface area (Å²) in [6, 6.07) is 6.31. The molecule has 0 atom stereocenters. The molecule has 0 amide bonds. The molecular weight excluding hydrogens is 302 g/mol. The third-order valence-electron chi connectivity index (χ3n) is 4.15. The van der Waals surface area contributed by atoms with Crippen molar-refractivity contribution in [2.24, 2.45) is 5.41 Å². The van der Waals surface area contributed by atoms with Crippen LogP contribution < -0.4 is 10.1 Å². The van der Waals surface area contributed by atoms with E-state index in [0.717, 1.165) is 29.7 Å². The molecule has 0 unspecified atom stereocenters. The van der Waals surface area contributed by atoms with Gasteiger partial charge in [0.1, 0.15) is 5.75 Å². The van der Waals surface area contributed by atoms with Gasteiger partial charge in [-0.05, 0) is 61.4 Å². The maximum Gasteiger partial charge on any atom is 0.122 e. The third-order valence-corrected chi connectivity index (χ3v) is 4.64. The fraction of sp³-hybridized carbons (Fsp3) is 0.625. The van der Waals surface area contributed by atoms with Crippen LogP contribution in [0.15, 0.2) is 22.7 Å². The van der Waals surface area contributed by atoms with E-state index in [2.05, 4.69) is 40.3 Å². The van der Waals surface area contributed by atoms with Crippen molar-refractivity contribution in [1.29, 1.82) is 0 Å².